The van der Waals surface area contributed by atoms with Crippen molar-refractivity contribution in [3.63, 3.8) is 0 Å². The molecule has 0 saturated carbocycles. The van der Waals surface area contributed by atoms with E-state index < -0.39 is 6.10 Å². The molecule has 0 fully saturated rings. The maximum atomic E-state index is 12.8. The van der Waals surface area contributed by atoms with E-state index >= 15 is 0 Å². The van der Waals surface area contributed by atoms with Gasteiger partial charge in [0.2, 0.25) is 5.91 Å². The molecule has 0 radical (unpaired) electrons. The van der Waals surface area contributed by atoms with Crippen LogP contribution in [0.4, 0.5) is 5.69 Å². The lowest BCUT2D eigenvalue weighted by Crippen LogP contribution is -2.31. The Bertz CT molecular complexity index is 1000. The van der Waals surface area contributed by atoms with Crippen LogP contribution in [-0.4, -0.2) is 32.9 Å². The molecule has 0 aliphatic rings. The van der Waals surface area contributed by atoms with Gasteiger partial charge in [0, 0.05) is 19.2 Å². The molecule has 7 heteroatoms. The number of hydrogen-bond acceptors (Lipinski definition) is 4. The van der Waals surface area contributed by atoms with Crippen molar-refractivity contribution in [1.82, 2.24) is 9.13 Å². The fourth-order valence-electron chi connectivity index (χ4n) is 3.18. The van der Waals surface area contributed by atoms with Gasteiger partial charge in [0.05, 0.1) is 17.6 Å². The molecule has 2 aromatic carbocycles. The summed E-state index contributed by atoms with van der Waals surface area (Å²) in [6.45, 7) is 4.32. The van der Waals surface area contributed by atoms with Crippen LogP contribution in [0.5, 0.6) is 5.75 Å². The van der Waals surface area contributed by atoms with Crippen molar-refractivity contribution < 1.29 is 14.6 Å². The van der Waals surface area contributed by atoms with E-state index in [1.54, 1.807) is 33.4 Å². The van der Waals surface area contributed by atoms with E-state index in [2.05, 4.69) is 5.32 Å². The third kappa shape index (κ3) is 4.43. The summed E-state index contributed by atoms with van der Waals surface area (Å²) in [6, 6.07) is 14.5. The van der Waals surface area contributed by atoms with Crippen molar-refractivity contribution >= 4 is 22.6 Å². The number of anilines is 1. The number of imidazole rings is 1. The number of rotatable bonds is 8. The van der Waals surface area contributed by atoms with Gasteiger partial charge >= 0.3 is 5.69 Å². The van der Waals surface area contributed by atoms with Crippen molar-refractivity contribution in [3.05, 3.63) is 59.0 Å². The van der Waals surface area contributed by atoms with Gasteiger partial charge in [0.15, 0.2) is 0 Å². The molecule has 2 N–H and O–H groups in total. The number of aromatic nitrogens is 2. The van der Waals surface area contributed by atoms with Crippen LogP contribution in [0.25, 0.3) is 11.0 Å². The minimum absolute atomic E-state index is 0.0548. The van der Waals surface area contributed by atoms with Crippen molar-refractivity contribution in [2.45, 2.75) is 39.5 Å². The molecule has 28 heavy (non-hydrogen) atoms. The third-order valence-electron chi connectivity index (χ3n) is 4.38. The second-order valence-corrected chi connectivity index (χ2v) is 6.70. The molecular formula is C21H25N3O4. The molecule has 1 aromatic heterocycles. The lowest BCUT2D eigenvalue weighted by Gasteiger charge is -2.13. The van der Waals surface area contributed by atoms with Gasteiger partial charge in [0.25, 0.3) is 0 Å². The van der Waals surface area contributed by atoms with E-state index in [1.165, 1.54) is 6.92 Å². The average Bonchev–Trinajstić information content (AvgIpc) is 2.93. The number of aliphatic hydroxyl groups is 1. The smallest absolute Gasteiger partial charge is 0.329 e. The minimum atomic E-state index is -0.839. The van der Waals surface area contributed by atoms with Crippen molar-refractivity contribution in [2.75, 3.05) is 11.9 Å². The normalized spacial score (nSPS) is 12.1. The van der Waals surface area contributed by atoms with E-state index in [-0.39, 0.29) is 24.7 Å². The first kappa shape index (κ1) is 19.7. The van der Waals surface area contributed by atoms with Gasteiger partial charge in [-0.1, -0.05) is 19.1 Å². The molecule has 0 unspecified atom stereocenters. The lowest BCUT2D eigenvalue weighted by molar-refractivity contribution is -0.114. The maximum absolute atomic E-state index is 12.8. The van der Waals surface area contributed by atoms with Crippen LogP contribution in [-0.2, 0) is 17.9 Å². The van der Waals surface area contributed by atoms with Gasteiger partial charge in [-0.2, -0.15) is 0 Å². The number of amides is 1. The van der Waals surface area contributed by atoms with E-state index in [4.69, 9.17) is 4.74 Å². The SMILES string of the molecule is CCCn1c(=O)n(C[C@H](O)COc2ccc(NC(C)=O)cc2)c2ccccc21. The lowest BCUT2D eigenvalue weighted by atomic mass is 10.3. The maximum Gasteiger partial charge on any atom is 0.329 e. The van der Waals surface area contributed by atoms with Crippen LogP contribution in [0.1, 0.15) is 20.3 Å². The zero-order valence-corrected chi connectivity index (χ0v) is 16.1. The third-order valence-corrected chi connectivity index (χ3v) is 4.38. The van der Waals surface area contributed by atoms with Crippen LogP contribution in [0.3, 0.4) is 0 Å². The monoisotopic (exact) mass is 383 g/mol. The van der Waals surface area contributed by atoms with E-state index in [0.717, 1.165) is 17.5 Å². The number of fused-ring (bicyclic) bond motifs is 1. The van der Waals surface area contributed by atoms with Crippen LogP contribution in [0.15, 0.2) is 53.3 Å². The van der Waals surface area contributed by atoms with Crippen molar-refractivity contribution in [3.8, 4) is 5.75 Å². The summed E-state index contributed by atoms with van der Waals surface area (Å²) in [7, 11) is 0. The fourth-order valence-corrected chi connectivity index (χ4v) is 3.18. The number of hydrogen-bond donors (Lipinski definition) is 2. The number of carbonyl (C=O) groups is 1. The molecule has 0 aliphatic heterocycles. The Morgan fingerprint density at radius 3 is 2.36 bits per heavy atom. The zero-order chi connectivity index (χ0) is 20.1. The summed E-state index contributed by atoms with van der Waals surface area (Å²) in [4.78, 5) is 23.8. The predicted molar refractivity (Wildman–Crippen MR) is 109 cm³/mol. The topological polar surface area (TPSA) is 85.5 Å². The Kier molecular flexibility index (Phi) is 6.16. The van der Waals surface area contributed by atoms with E-state index in [0.29, 0.717) is 18.0 Å². The first-order valence-electron chi connectivity index (χ1n) is 9.36. The van der Waals surface area contributed by atoms with Crippen LogP contribution < -0.4 is 15.7 Å². The number of aryl methyl sites for hydroxylation is 1. The van der Waals surface area contributed by atoms with Crippen LogP contribution in [0, 0.1) is 0 Å². The first-order valence-corrected chi connectivity index (χ1v) is 9.36. The van der Waals surface area contributed by atoms with Gasteiger partial charge in [-0.3, -0.25) is 13.9 Å². The Balaban J connectivity index is 1.68. The highest BCUT2D eigenvalue weighted by atomic mass is 16.5. The van der Waals surface area contributed by atoms with Crippen LogP contribution >= 0.6 is 0 Å². The summed E-state index contributed by atoms with van der Waals surface area (Å²) in [5, 5.41) is 13.1. The molecule has 0 aliphatic carbocycles. The number of carbonyl (C=O) groups excluding carboxylic acids is 1. The fraction of sp³-hybridized carbons (Fsp3) is 0.333. The number of nitrogens with zero attached hydrogens (tertiary/aromatic N) is 2. The molecule has 1 atom stereocenters. The molecule has 1 heterocycles. The summed E-state index contributed by atoms with van der Waals surface area (Å²) < 4.78 is 8.96. The van der Waals surface area contributed by atoms with Gasteiger partial charge in [-0.15, -0.1) is 0 Å². The standard InChI is InChI=1S/C21H25N3O4/c1-3-12-23-19-6-4-5-7-20(19)24(21(23)27)13-17(26)14-28-18-10-8-16(9-11-18)22-15(2)25/h4-11,17,26H,3,12-14H2,1-2H3,(H,22,25)/t17-/m0/s1. The second-order valence-electron chi connectivity index (χ2n) is 6.70. The molecule has 148 valence electrons. The summed E-state index contributed by atoms with van der Waals surface area (Å²) in [5.74, 6) is 0.436. The van der Waals surface area contributed by atoms with Gasteiger partial charge in [-0.25, -0.2) is 4.79 Å². The highest BCUT2D eigenvalue weighted by Crippen LogP contribution is 2.17. The quantitative estimate of drug-likeness (QED) is 0.626. The highest BCUT2D eigenvalue weighted by molar-refractivity contribution is 5.88. The molecule has 0 spiro atoms. The Morgan fingerprint density at radius 2 is 1.75 bits per heavy atom. The van der Waals surface area contributed by atoms with Crippen LogP contribution in [0.2, 0.25) is 0 Å². The van der Waals surface area contributed by atoms with Crippen molar-refractivity contribution in [1.29, 1.82) is 0 Å². The van der Waals surface area contributed by atoms with E-state index in [1.807, 2.05) is 31.2 Å². The number of para-hydroxylation sites is 2. The zero-order valence-electron chi connectivity index (χ0n) is 16.1. The van der Waals surface area contributed by atoms with Gasteiger partial charge in [-0.05, 0) is 42.8 Å². The molecule has 1 amide bonds. The summed E-state index contributed by atoms with van der Waals surface area (Å²) >= 11 is 0. The van der Waals surface area contributed by atoms with Gasteiger partial charge in [0.1, 0.15) is 18.5 Å². The summed E-state index contributed by atoms with van der Waals surface area (Å²) in [6.07, 6.45) is 0.0160. The Hall–Kier alpha value is -3.06. The highest BCUT2D eigenvalue weighted by Gasteiger charge is 2.15. The first-order chi connectivity index (χ1) is 13.5. The number of nitrogens with one attached hydrogen (secondary N) is 1. The number of aliphatic hydroxyl groups excluding tert-OH is 1. The number of ether oxygens (including phenoxy) is 1. The Labute approximate surface area is 163 Å². The summed E-state index contributed by atoms with van der Waals surface area (Å²) in [5.41, 5.74) is 2.23. The average molecular weight is 383 g/mol. The minimum Gasteiger partial charge on any atom is -0.491 e. The number of benzene rings is 2. The van der Waals surface area contributed by atoms with Crippen molar-refractivity contribution in [2.24, 2.45) is 0 Å². The largest absolute Gasteiger partial charge is 0.491 e. The predicted octanol–water partition coefficient (Wildman–Crippen LogP) is 2.61. The van der Waals surface area contributed by atoms with Gasteiger partial charge < -0.3 is 15.2 Å². The molecule has 0 saturated heterocycles. The molecule has 3 aromatic rings. The molecular weight excluding hydrogens is 358 g/mol. The molecule has 7 nitrogen and oxygen atoms in total. The Morgan fingerprint density at radius 1 is 1.11 bits per heavy atom. The molecule has 0 bridgehead atoms. The molecule has 3 rings (SSSR count). The second kappa shape index (κ2) is 8.75. The van der Waals surface area contributed by atoms with E-state index in [9.17, 15) is 14.7 Å².